The van der Waals surface area contributed by atoms with Gasteiger partial charge in [-0.25, -0.2) is 0 Å². The van der Waals surface area contributed by atoms with E-state index in [0.717, 1.165) is 43.6 Å². The van der Waals surface area contributed by atoms with Crippen LogP contribution < -0.4 is 14.2 Å². The first-order chi connectivity index (χ1) is 16.9. The van der Waals surface area contributed by atoms with Crippen LogP contribution in [0.4, 0.5) is 0 Å². The average Bonchev–Trinajstić information content (AvgIpc) is 2.85. The first-order valence-corrected chi connectivity index (χ1v) is 12.8. The molecule has 3 aromatic rings. The van der Waals surface area contributed by atoms with Crippen LogP contribution in [-0.2, 0) is 4.74 Å². The lowest BCUT2D eigenvalue weighted by Gasteiger charge is -2.31. The molecule has 0 saturated heterocycles. The average molecular weight is 602 g/mol. The summed E-state index contributed by atoms with van der Waals surface area (Å²) in [7, 11) is 3.24. The maximum absolute atomic E-state index is 11.3. The Kier molecular flexibility index (Phi) is 8.21. The van der Waals surface area contributed by atoms with Gasteiger partial charge in [0.15, 0.2) is 0 Å². The van der Waals surface area contributed by atoms with Crippen LogP contribution >= 0.6 is 31.9 Å². The molecule has 0 aliphatic carbocycles. The summed E-state index contributed by atoms with van der Waals surface area (Å²) in [4.78, 5) is 0. The van der Waals surface area contributed by atoms with Crippen molar-refractivity contribution in [3.8, 4) is 17.2 Å². The van der Waals surface area contributed by atoms with Gasteiger partial charge in [-0.1, -0.05) is 31.2 Å². The summed E-state index contributed by atoms with van der Waals surface area (Å²) in [6.07, 6.45) is 1.93. The van der Waals surface area contributed by atoms with Gasteiger partial charge in [-0.15, -0.1) is 0 Å². The molecule has 0 radical (unpaired) electrons. The molecular weight excluding hydrogens is 576 g/mol. The highest BCUT2D eigenvalue weighted by atomic mass is 79.9. The minimum Gasteiger partial charge on any atom is -0.497 e. The van der Waals surface area contributed by atoms with Gasteiger partial charge in [0.05, 0.1) is 35.3 Å². The standard InChI is InChI=1S/C28H26Br2O5/c1-4-13-34-21-11-7-18(8-12-21)25-24(14-17-5-9-20(32-2)10-6-17)35-28(25)26(31)19-15-22(29)27(33-3)23(30)16-19/h5-12,14-16,26,31H,4,13H2,1-3H3/b24-14-. The van der Waals surface area contributed by atoms with Crippen LogP contribution in [0.5, 0.6) is 17.2 Å². The van der Waals surface area contributed by atoms with Crippen molar-refractivity contribution in [1.29, 1.82) is 0 Å². The third-order valence-corrected chi connectivity index (χ3v) is 6.71. The Morgan fingerprint density at radius 1 is 0.914 bits per heavy atom. The molecule has 0 aromatic heterocycles. The van der Waals surface area contributed by atoms with Gasteiger partial charge < -0.3 is 24.1 Å². The zero-order valence-electron chi connectivity index (χ0n) is 19.7. The summed E-state index contributed by atoms with van der Waals surface area (Å²) in [6, 6.07) is 19.2. The smallest absolute Gasteiger partial charge is 0.149 e. The molecule has 5 nitrogen and oxygen atoms in total. The predicted molar refractivity (Wildman–Crippen MR) is 145 cm³/mol. The van der Waals surface area contributed by atoms with Crippen LogP contribution in [0.2, 0.25) is 0 Å². The molecule has 1 N–H and O–H groups in total. The molecule has 35 heavy (non-hydrogen) atoms. The molecule has 0 bridgehead atoms. The number of rotatable bonds is 9. The van der Waals surface area contributed by atoms with E-state index >= 15 is 0 Å². The highest BCUT2D eigenvalue weighted by molar-refractivity contribution is 9.11. The molecule has 1 unspecified atom stereocenters. The van der Waals surface area contributed by atoms with Gasteiger partial charge in [0, 0.05) is 0 Å². The fourth-order valence-corrected chi connectivity index (χ4v) is 5.29. The highest BCUT2D eigenvalue weighted by Crippen LogP contribution is 2.47. The molecule has 1 aliphatic heterocycles. The largest absolute Gasteiger partial charge is 0.497 e. The van der Waals surface area contributed by atoms with Crippen molar-refractivity contribution in [3.05, 3.63) is 97.8 Å². The van der Waals surface area contributed by atoms with Crippen molar-refractivity contribution in [3.63, 3.8) is 0 Å². The van der Waals surface area contributed by atoms with Crippen LogP contribution in [0.3, 0.4) is 0 Å². The third kappa shape index (κ3) is 5.58. The number of methoxy groups -OCH3 is 2. The van der Waals surface area contributed by atoms with Gasteiger partial charge in [-0.05, 0) is 97.4 Å². The lowest BCUT2D eigenvalue weighted by Crippen LogP contribution is -2.18. The van der Waals surface area contributed by atoms with E-state index in [2.05, 4.69) is 38.8 Å². The number of benzene rings is 3. The monoisotopic (exact) mass is 600 g/mol. The summed E-state index contributed by atoms with van der Waals surface area (Å²) < 4.78 is 23.9. The number of halogens is 2. The van der Waals surface area contributed by atoms with Crippen LogP contribution in [0.15, 0.2) is 81.1 Å². The summed E-state index contributed by atoms with van der Waals surface area (Å²) in [5.74, 6) is 3.41. The van der Waals surface area contributed by atoms with Crippen molar-refractivity contribution in [2.24, 2.45) is 0 Å². The van der Waals surface area contributed by atoms with Crippen molar-refractivity contribution in [2.75, 3.05) is 20.8 Å². The second kappa shape index (κ2) is 11.3. The van der Waals surface area contributed by atoms with Gasteiger partial charge >= 0.3 is 0 Å². The van der Waals surface area contributed by atoms with Crippen molar-refractivity contribution >= 4 is 43.5 Å². The van der Waals surface area contributed by atoms with E-state index < -0.39 is 6.10 Å². The van der Waals surface area contributed by atoms with E-state index in [1.54, 1.807) is 14.2 Å². The highest BCUT2D eigenvalue weighted by Gasteiger charge is 2.34. The lowest BCUT2D eigenvalue weighted by atomic mass is 9.92. The van der Waals surface area contributed by atoms with Gasteiger partial charge in [0.1, 0.15) is 34.9 Å². The number of aliphatic hydroxyl groups is 1. The van der Waals surface area contributed by atoms with Crippen LogP contribution in [0.1, 0.15) is 36.1 Å². The third-order valence-electron chi connectivity index (χ3n) is 5.53. The molecule has 0 spiro atoms. The van der Waals surface area contributed by atoms with E-state index in [0.29, 0.717) is 29.4 Å². The normalized spacial score (nSPS) is 14.9. The summed E-state index contributed by atoms with van der Waals surface area (Å²) >= 11 is 7.03. The quantitative estimate of drug-likeness (QED) is 0.275. The molecule has 3 aromatic carbocycles. The van der Waals surface area contributed by atoms with Gasteiger partial charge in [-0.2, -0.15) is 0 Å². The SMILES string of the molecule is CCCOc1ccc(C2=C(C(O)c3cc(Br)c(OC)c(Br)c3)O/C2=C\c2ccc(OC)cc2)cc1. The molecule has 1 heterocycles. The number of hydrogen-bond acceptors (Lipinski definition) is 5. The Bertz CT molecular complexity index is 1220. The first-order valence-electron chi connectivity index (χ1n) is 11.2. The zero-order chi connectivity index (χ0) is 24.9. The van der Waals surface area contributed by atoms with Crippen LogP contribution in [-0.4, -0.2) is 25.9 Å². The Morgan fingerprint density at radius 2 is 1.54 bits per heavy atom. The lowest BCUT2D eigenvalue weighted by molar-refractivity contribution is 0.124. The summed E-state index contributed by atoms with van der Waals surface area (Å²) in [6.45, 7) is 2.74. The maximum atomic E-state index is 11.3. The summed E-state index contributed by atoms with van der Waals surface area (Å²) in [5, 5.41) is 11.3. The number of aliphatic hydroxyl groups excluding tert-OH is 1. The molecule has 0 saturated carbocycles. The number of allylic oxidation sites excluding steroid dienone is 1. The number of hydrogen-bond donors (Lipinski definition) is 1. The van der Waals surface area contributed by atoms with Crippen LogP contribution in [0, 0.1) is 0 Å². The Morgan fingerprint density at radius 3 is 2.11 bits per heavy atom. The van der Waals surface area contributed by atoms with Crippen molar-refractivity contribution in [2.45, 2.75) is 19.4 Å². The van der Waals surface area contributed by atoms with Gasteiger partial charge in [-0.3, -0.25) is 0 Å². The van der Waals surface area contributed by atoms with Gasteiger partial charge in [0.2, 0.25) is 0 Å². The minimum absolute atomic E-state index is 0.482. The molecule has 0 amide bonds. The molecule has 1 atom stereocenters. The summed E-state index contributed by atoms with van der Waals surface area (Å²) in [5.41, 5.74) is 3.41. The Labute approximate surface area is 222 Å². The Hall–Kier alpha value is -2.74. The molecule has 0 fully saturated rings. The first kappa shape index (κ1) is 25.4. The molecule has 1 aliphatic rings. The minimum atomic E-state index is -0.965. The Balaban J connectivity index is 1.73. The number of ether oxygens (including phenoxy) is 4. The fourth-order valence-electron chi connectivity index (χ4n) is 3.75. The topological polar surface area (TPSA) is 57.2 Å². The van der Waals surface area contributed by atoms with Crippen molar-refractivity contribution < 1.29 is 24.1 Å². The van der Waals surface area contributed by atoms with E-state index in [4.69, 9.17) is 18.9 Å². The molecule has 4 rings (SSSR count). The fraction of sp³-hybridized carbons (Fsp3) is 0.214. The zero-order valence-corrected chi connectivity index (χ0v) is 22.9. The van der Waals surface area contributed by atoms with E-state index in [1.165, 1.54) is 0 Å². The van der Waals surface area contributed by atoms with E-state index in [1.807, 2.05) is 66.7 Å². The second-order valence-corrected chi connectivity index (χ2v) is 9.62. The second-order valence-electron chi connectivity index (χ2n) is 7.92. The van der Waals surface area contributed by atoms with Crippen LogP contribution in [0.25, 0.3) is 11.6 Å². The van der Waals surface area contributed by atoms with Crippen molar-refractivity contribution in [1.82, 2.24) is 0 Å². The maximum Gasteiger partial charge on any atom is 0.149 e. The molecule has 182 valence electrons. The van der Waals surface area contributed by atoms with E-state index in [9.17, 15) is 5.11 Å². The van der Waals surface area contributed by atoms with Gasteiger partial charge in [0.25, 0.3) is 0 Å². The van der Waals surface area contributed by atoms with E-state index in [-0.39, 0.29) is 0 Å². The molecular formula is C28H26Br2O5. The predicted octanol–water partition coefficient (Wildman–Crippen LogP) is 7.53. The molecule has 7 heteroatoms.